The van der Waals surface area contributed by atoms with E-state index >= 15 is 0 Å². The number of nitrogens with two attached hydrogens (primary N) is 1. The van der Waals surface area contributed by atoms with Crippen molar-refractivity contribution in [1.82, 2.24) is 15.5 Å². The monoisotopic (exact) mass is 465 g/mol. The topological polar surface area (TPSA) is 149 Å². The van der Waals surface area contributed by atoms with E-state index in [2.05, 4.69) is 34.9 Å². The average molecular weight is 466 g/mol. The van der Waals surface area contributed by atoms with Crippen LogP contribution in [0.1, 0.15) is 35.1 Å². The molecule has 9 heteroatoms. The van der Waals surface area contributed by atoms with E-state index in [0.717, 1.165) is 5.56 Å². The Morgan fingerprint density at radius 3 is 2.21 bits per heavy atom. The largest absolute Gasteiger partial charge is 0.480 e. The summed E-state index contributed by atoms with van der Waals surface area (Å²) in [5.74, 6) is -1.59. The molecule has 4 rings (SSSR count). The predicted octanol–water partition coefficient (Wildman–Crippen LogP) is 1.04. The number of nitrogens with zero attached hydrogens (tertiary/aromatic N) is 1. The van der Waals surface area contributed by atoms with Crippen LogP contribution in [0.4, 0.5) is 0 Å². The highest BCUT2D eigenvalue weighted by Crippen LogP contribution is 2.20. The first-order valence-corrected chi connectivity index (χ1v) is 11.3. The predicted molar refractivity (Wildman–Crippen MR) is 128 cm³/mol. The lowest BCUT2D eigenvalue weighted by Gasteiger charge is -2.39. The minimum atomic E-state index is -1.04. The van der Waals surface area contributed by atoms with Crippen LogP contribution in [0.5, 0.6) is 0 Å². The molecule has 1 fully saturated rings. The summed E-state index contributed by atoms with van der Waals surface area (Å²) >= 11 is 0. The quantitative estimate of drug-likeness (QED) is 0.291. The number of hydrogen-bond donors (Lipinski definition) is 5. The van der Waals surface area contributed by atoms with E-state index in [4.69, 9.17) is 16.2 Å². The molecule has 9 nitrogen and oxygen atoms in total. The van der Waals surface area contributed by atoms with Crippen LogP contribution in [0.3, 0.4) is 0 Å². The maximum Gasteiger partial charge on any atom is 0.317 e. The molecule has 2 aromatic rings. The second-order valence-corrected chi connectivity index (χ2v) is 8.34. The number of carbonyl (C=O) groups is 3. The van der Waals surface area contributed by atoms with Crippen molar-refractivity contribution in [1.29, 1.82) is 5.41 Å². The van der Waals surface area contributed by atoms with Crippen LogP contribution in [0.15, 0.2) is 48.5 Å². The number of carbonyl (C=O) groups excluding carboxylic acids is 2. The molecule has 6 N–H and O–H groups in total. The molecule has 1 saturated heterocycles. The third-order valence-electron chi connectivity index (χ3n) is 5.94. The number of benzene rings is 2. The fraction of sp³-hybridized carbons (Fsp3) is 0.360. The second kappa shape index (κ2) is 11.9. The van der Waals surface area contributed by atoms with E-state index in [1.54, 1.807) is 35.4 Å². The van der Waals surface area contributed by atoms with Crippen LogP contribution >= 0.6 is 0 Å². The number of nitrogen functional groups attached to an aromatic ring is 1. The lowest BCUT2D eigenvalue weighted by Crippen LogP contribution is -2.59. The van der Waals surface area contributed by atoms with Gasteiger partial charge >= 0.3 is 5.97 Å². The standard InChI is InChI=1S/C16H21N5O4.C9H10/c17-15(18)11-3-1-10(2-4-11)7-20-16(25)12-5-6-21(12)13(22)8-19-9-14(23)24;1-2-5-9-7-3-6-8(9)4-1/h1-4,12,19H,5-9H2,(H3,17,18)(H,20,25)(H,23,24);1-2,4-5H,3,6-7H2. The van der Waals surface area contributed by atoms with Gasteiger partial charge in [0.1, 0.15) is 11.9 Å². The number of fused-ring (bicyclic) bond motifs is 1. The van der Waals surface area contributed by atoms with Crippen molar-refractivity contribution in [2.75, 3.05) is 19.6 Å². The first kappa shape index (κ1) is 24.9. The highest BCUT2D eigenvalue weighted by Gasteiger charge is 2.36. The Labute approximate surface area is 198 Å². The molecule has 0 saturated carbocycles. The van der Waals surface area contributed by atoms with E-state index in [9.17, 15) is 14.4 Å². The highest BCUT2D eigenvalue weighted by molar-refractivity contribution is 5.95. The van der Waals surface area contributed by atoms with Crippen LogP contribution in [0.25, 0.3) is 0 Å². The number of rotatable bonds is 8. The molecule has 1 atom stereocenters. The van der Waals surface area contributed by atoms with E-state index < -0.39 is 12.0 Å². The average Bonchev–Trinajstić information content (AvgIpc) is 3.26. The Bertz CT molecular complexity index is 1010. The van der Waals surface area contributed by atoms with Gasteiger partial charge in [-0.1, -0.05) is 48.5 Å². The van der Waals surface area contributed by atoms with Gasteiger partial charge in [-0.05, 0) is 42.4 Å². The summed E-state index contributed by atoms with van der Waals surface area (Å²) in [6.07, 6.45) is 4.55. The van der Waals surface area contributed by atoms with Crippen molar-refractivity contribution >= 4 is 23.6 Å². The Morgan fingerprint density at radius 1 is 1.03 bits per heavy atom. The number of amides is 2. The summed E-state index contributed by atoms with van der Waals surface area (Å²) in [4.78, 5) is 36.0. The van der Waals surface area contributed by atoms with Crippen molar-refractivity contribution in [3.05, 3.63) is 70.8 Å². The summed E-state index contributed by atoms with van der Waals surface area (Å²) in [5.41, 5.74) is 9.99. The molecule has 180 valence electrons. The molecule has 1 heterocycles. The molecule has 0 spiro atoms. The normalized spacial score (nSPS) is 15.9. The lowest BCUT2D eigenvalue weighted by molar-refractivity contribution is -0.147. The Morgan fingerprint density at radius 2 is 1.68 bits per heavy atom. The van der Waals surface area contributed by atoms with Crippen molar-refractivity contribution in [2.45, 2.75) is 38.3 Å². The zero-order chi connectivity index (χ0) is 24.5. The van der Waals surface area contributed by atoms with Gasteiger partial charge in [0.25, 0.3) is 0 Å². The Balaban J connectivity index is 0.000000296. The van der Waals surface area contributed by atoms with Crippen molar-refractivity contribution in [3.63, 3.8) is 0 Å². The highest BCUT2D eigenvalue weighted by atomic mass is 16.4. The molecule has 1 aliphatic carbocycles. The Kier molecular flexibility index (Phi) is 8.75. The maximum absolute atomic E-state index is 12.2. The summed E-state index contributed by atoms with van der Waals surface area (Å²) < 4.78 is 0. The second-order valence-electron chi connectivity index (χ2n) is 8.34. The van der Waals surface area contributed by atoms with Crippen LogP contribution < -0.4 is 16.4 Å². The van der Waals surface area contributed by atoms with Gasteiger partial charge in [0, 0.05) is 18.7 Å². The number of hydrogen-bond acceptors (Lipinski definition) is 5. The SMILES string of the molecule is N=C(N)c1ccc(CNC(=O)C2CCN2C(=O)CNCC(=O)O)cc1.c1ccc2c(c1)CCC2. The van der Waals surface area contributed by atoms with E-state index in [-0.39, 0.29) is 30.7 Å². The van der Waals surface area contributed by atoms with Gasteiger partial charge in [0.05, 0.1) is 13.1 Å². The van der Waals surface area contributed by atoms with Gasteiger partial charge in [-0.3, -0.25) is 25.1 Å². The molecular formula is C25H31N5O4. The summed E-state index contributed by atoms with van der Waals surface area (Å²) in [6.45, 7) is 0.390. The number of likely N-dealkylation sites (tertiary alicyclic amines) is 1. The zero-order valence-electron chi connectivity index (χ0n) is 19.0. The number of carboxylic acids is 1. The molecule has 1 unspecified atom stereocenters. The molecule has 0 radical (unpaired) electrons. The van der Waals surface area contributed by atoms with E-state index in [1.807, 2.05) is 0 Å². The van der Waals surface area contributed by atoms with E-state index in [1.165, 1.54) is 24.2 Å². The number of aliphatic carboxylic acids is 1. The van der Waals surface area contributed by atoms with Gasteiger partial charge in [0.2, 0.25) is 11.8 Å². The van der Waals surface area contributed by atoms with Crippen LogP contribution in [0, 0.1) is 5.41 Å². The molecule has 2 amide bonds. The molecule has 2 aliphatic rings. The molecular weight excluding hydrogens is 434 g/mol. The van der Waals surface area contributed by atoms with Crippen molar-refractivity contribution in [3.8, 4) is 0 Å². The number of amidine groups is 1. The third-order valence-corrected chi connectivity index (χ3v) is 5.94. The fourth-order valence-electron chi connectivity index (χ4n) is 3.96. The summed E-state index contributed by atoms with van der Waals surface area (Å²) in [7, 11) is 0. The van der Waals surface area contributed by atoms with Crippen LogP contribution in [-0.4, -0.2) is 59.3 Å². The van der Waals surface area contributed by atoms with Gasteiger partial charge < -0.3 is 21.1 Å². The van der Waals surface area contributed by atoms with Gasteiger partial charge in [-0.15, -0.1) is 0 Å². The van der Waals surface area contributed by atoms with Crippen LogP contribution in [0.2, 0.25) is 0 Å². The van der Waals surface area contributed by atoms with Crippen LogP contribution in [-0.2, 0) is 33.8 Å². The molecule has 2 aromatic carbocycles. The third kappa shape index (κ3) is 6.89. The van der Waals surface area contributed by atoms with Gasteiger partial charge in [0.15, 0.2) is 0 Å². The Hall–Kier alpha value is -3.72. The number of aryl methyl sites for hydroxylation is 2. The van der Waals surface area contributed by atoms with Gasteiger partial charge in [-0.2, -0.15) is 0 Å². The molecule has 0 aromatic heterocycles. The first-order valence-electron chi connectivity index (χ1n) is 11.3. The lowest BCUT2D eigenvalue weighted by atomic mass is 10.0. The molecule has 0 bridgehead atoms. The maximum atomic E-state index is 12.2. The van der Waals surface area contributed by atoms with E-state index in [0.29, 0.717) is 25.1 Å². The molecule has 1 aliphatic heterocycles. The van der Waals surface area contributed by atoms with Crippen molar-refractivity contribution in [2.24, 2.45) is 5.73 Å². The van der Waals surface area contributed by atoms with Crippen molar-refractivity contribution < 1.29 is 19.5 Å². The minimum Gasteiger partial charge on any atom is -0.480 e. The van der Waals surface area contributed by atoms with Gasteiger partial charge in [-0.25, -0.2) is 0 Å². The zero-order valence-corrected chi connectivity index (χ0v) is 19.0. The molecule has 34 heavy (non-hydrogen) atoms. The number of nitrogens with one attached hydrogen (secondary N) is 3. The fourth-order valence-corrected chi connectivity index (χ4v) is 3.96. The smallest absolute Gasteiger partial charge is 0.317 e. The summed E-state index contributed by atoms with van der Waals surface area (Å²) in [5, 5.41) is 21.2. The summed E-state index contributed by atoms with van der Waals surface area (Å²) in [6, 6.07) is 15.2. The minimum absolute atomic E-state index is 0.0179. The number of carboxylic acid groups (broad SMARTS) is 1. The first-order chi connectivity index (χ1) is 16.3.